The van der Waals surface area contributed by atoms with Gasteiger partial charge < -0.3 is 10.1 Å². The van der Waals surface area contributed by atoms with E-state index in [1.54, 1.807) is 0 Å². The Labute approximate surface area is 131 Å². The molecule has 3 rings (SSSR count). The summed E-state index contributed by atoms with van der Waals surface area (Å²) in [6.07, 6.45) is 0.179. The maximum atomic E-state index is 5.88. The zero-order valence-corrected chi connectivity index (χ0v) is 13.0. The van der Waals surface area contributed by atoms with Crippen molar-refractivity contribution in [1.29, 1.82) is 0 Å². The Bertz CT molecular complexity index is 759. The van der Waals surface area contributed by atoms with Crippen LogP contribution >= 0.6 is 0 Å². The quantitative estimate of drug-likeness (QED) is 0.694. The average molecular weight is 291 g/mol. The maximum absolute atomic E-state index is 5.88. The molecular formula is C20H21NO. The third-order valence-electron chi connectivity index (χ3n) is 3.59. The monoisotopic (exact) mass is 291 g/mol. The molecule has 2 nitrogen and oxygen atoms in total. The van der Waals surface area contributed by atoms with Crippen molar-refractivity contribution >= 4 is 16.5 Å². The summed E-state index contributed by atoms with van der Waals surface area (Å²) >= 11 is 0. The van der Waals surface area contributed by atoms with Crippen LogP contribution in [0.25, 0.3) is 10.8 Å². The molecular weight excluding hydrogens is 270 g/mol. The smallest absolute Gasteiger partial charge is 0.124 e. The van der Waals surface area contributed by atoms with Crippen LogP contribution in [0.15, 0.2) is 66.7 Å². The highest BCUT2D eigenvalue weighted by Crippen LogP contribution is 2.25. The summed E-state index contributed by atoms with van der Waals surface area (Å²) < 4.78 is 5.88. The van der Waals surface area contributed by atoms with E-state index >= 15 is 0 Å². The minimum absolute atomic E-state index is 0.179. The third-order valence-corrected chi connectivity index (χ3v) is 3.59. The molecule has 0 atom stereocenters. The van der Waals surface area contributed by atoms with Crippen LogP contribution in [0.3, 0.4) is 0 Å². The number of fused-ring (bicyclic) bond motifs is 1. The molecule has 0 saturated heterocycles. The van der Waals surface area contributed by atoms with Crippen molar-refractivity contribution in [1.82, 2.24) is 0 Å². The highest BCUT2D eigenvalue weighted by atomic mass is 16.5. The molecule has 0 aliphatic rings. The minimum Gasteiger partial charge on any atom is -0.491 e. The molecule has 0 amide bonds. The van der Waals surface area contributed by atoms with Crippen LogP contribution in [-0.4, -0.2) is 6.10 Å². The molecule has 22 heavy (non-hydrogen) atoms. The van der Waals surface area contributed by atoms with Gasteiger partial charge in [0.15, 0.2) is 0 Å². The Morgan fingerprint density at radius 1 is 0.864 bits per heavy atom. The molecule has 0 aromatic heterocycles. The van der Waals surface area contributed by atoms with Gasteiger partial charge in [0, 0.05) is 23.2 Å². The van der Waals surface area contributed by atoms with E-state index in [9.17, 15) is 0 Å². The van der Waals surface area contributed by atoms with Crippen molar-refractivity contribution in [2.24, 2.45) is 0 Å². The lowest BCUT2D eigenvalue weighted by atomic mass is 10.1. The van der Waals surface area contributed by atoms with Gasteiger partial charge in [-0.15, -0.1) is 0 Å². The van der Waals surface area contributed by atoms with E-state index in [1.165, 1.54) is 16.3 Å². The highest BCUT2D eigenvalue weighted by molar-refractivity contribution is 5.93. The van der Waals surface area contributed by atoms with Gasteiger partial charge in [0.2, 0.25) is 0 Å². The molecule has 0 aliphatic heterocycles. The normalized spacial score (nSPS) is 10.9. The Kier molecular flexibility index (Phi) is 4.29. The van der Waals surface area contributed by atoms with E-state index in [0.717, 1.165) is 18.0 Å². The molecule has 3 aromatic rings. The SMILES string of the molecule is CC(C)Oc1ccccc1CNc1cccc2ccccc12. The maximum Gasteiger partial charge on any atom is 0.124 e. The van der Waals surface area contributed by atoms with Crippen LogP contribution in [0.5, 0.6) is 5.75 Å². The number of nitrogens with one attached hydrogen (secondary N) is 1. The molecule has 0 spiro atoms. The van der Waals surface area contributed by atoms with Gasteiger partial charge in [-0.3, -0.25) is 0 Å². The van der Waals surface area contributed by atoms with E-state index in [4.69, 9.17) is 4.74 Å². The van der Waals surface area contributed by atoms with Crippen LogP contribution < -0.4 is 10.1 Å². The number of benzene rings is 3. The predicted octanol–water partition coefficient (Wildman–Crippen LogP) is 5.24. The number of rotatable bonds is 5. The van der Waals surface area contributed by atoms with E-state index < -0.39 is 0 Å². The fraction of sp³-hybridized carbons (Fsp3) is 0.200. The van der Waals surface area contributed by atoms with Crippen molar-refractivity contribution < 1.29 is 4.74 Å². The van der Waals surface area contributed by atoms with Crippen molar-refractivity contribution in [3.63, 3.8) is 0 Å². The number of anilines is 1. The Balaban J connectivity index is 1.83. The van der Waals surface area contributed by atoms with Crippen molar-refractivity contribution in [2.45, 2.75) is 26.5 Å². The Morgan fingerprint density at radius 2 is 1.59 bits per heavy atom. The van der Waals surface area contributed by atoms with Crippen LogP contribution in [-0.2, 0) is 6.54 Å². The second kappa shape index (κ2) is 6.52. The zero-order chi connectivity index (χ0) is 15.4. The standard InChI is InChI=1S/C20H21NO/c1-15(2)22-20-13-6-4-9-17(20)14-21-19-12-7-10-16-8-3-5-11-18(16)19/h3-13,15,21H,14H2,1-2H3. The lowest BCUT2D eigenvalue weighted by molar-refractivity contribution is 0.240. The molecule has 0 radical (unpaired) electrons. The van der Waals surface area contributed by atoms with Crippen LogP contribution in [0, 0.1) is 0 Å². The number of hydrogen-bond donors (Lipinski definition) is 1. The first-order chi connectivity index (χ1) is 10.7. The van der Waals surface area contributed by atoms with Crippen LogP contribution in [0.4, 0.5) is 5.69 Å². The molecule has 1 N–H and O–H groups in total. The summed E-state index contributed by atoms with van der Waals surface area (Å²) in [6.45, 7) is 4.85. The molecule has 2 heteroatoms. The summed E-state index contributed by atoms with van der Waals surface area (Å²) in [5.41, 5.74) is 2.32. The molecule has 0 bridgehead atoms. The first kappa shape index (κ1) is 14.5. The highest BCUT2D eigenvalue weighted by Gasteiger charge is 2.06. The van der Waals surface area contributed by atoms with E-state index in [0.29, 0.717) is 0 Å². The largest absolute Gasteiger partial charge is 0.491 e. The van der Waals surface area contributed by atoms with E-state index in [-0.39, 0.29) is 6.10 Å². The van der Waals surface area contributed by atoms with Crippen LogP contribution in [0.2, 0.25) is 0 Å². The van der Waals surface area contributed by atoms with Gasteiger partial charge in [0.25, 0.3) is 0 Å². The molecule has 0 saturated carbocycles. The summed E-state index contributed by atoms with van der Waals surface area (Å²) in [4.78, 5) is 0. The summed E-state index contributed by atoms with van der Waals surface area (Å²) in [5, 5.41) is 6.03. The molecule has 0 aliphatic carbocycles. The number of hydrogen-bond acceptors (Lipinski definition) is 2. The molecule has 0 heterocycles. The third kappa shape index (κ3) is 3.22. The van der Waals surface area contributed by atoms with Gasteiger partial charge >= 0.3 is 0 Å². The Morgan fingerprint density at radius 3 is 2.45 bits per heavy atom. The van der Waals surface area contributed by atoms with Gasteiger partial charge in [-0.25, -0.2) is 0 Å². The Hall–Kier alpha value is -2.48. The van der Waals surface area contributed by atoms with Gasteiger partial charge in [-0.05, 0) is 31.4 Å². The van der Waals surface area contributed by atoms with Crippen molar-refractivity contribution in [2.75, 3.05) is 5.32 Å². The lowest BCUT2D eigenvalue weighted by Crippen LogP contribution is -2.09. The predicted molar refractivity (Wildman–Crippen MR) is 93.5 cm³/mol. The van der Waals surface area contributed by atoms with Crippen molar-refractivity contribution in [3.05, 3.63) is 72.3 Å². The van der Waals surface area contributed by atoms with Gasteiger partial charge in [-0.2, -0.15) is 0 Å². The zero-order valence-electron chi connectivity index (χ0n) is 13.0. The van der Waals surface area contributed by atoms with E-state index in [2.05, 4.69) is 67.7 Å². The number of para-hydroxylation sites is 1. The second-order valence-electron chi connectivity index (χ2n) is 5.65. The topological polar surface area (TPSA) is 21.3 Å². The summed E-state index contributed by atoms with van der Waals surface area (Å²) in [7, 11) is 0. The van der Waals surface area contributed by atoms with Crippen LogP contribution in [0.1, 0.15) is 19.4 Å². The van der Waals surface area contributed by atoms with Gasteiger partial charge in [0.1, 0.15) is 5.75 Å². The van der Waals surface area contributed by atoms with Gasteiger partial charge in [-0.1, -0.05) is 54.6 Å². The summed E-state index contributed by atoms with van der Waals surface area (Å²) in [5.74, 6) is 0.949. The van der Waals surface area contributed by atoms with Crippen molar-refractivity contribution in [3.8, 4) is 5.75 Å². The molecule has 3 aromatic carbocycles. The first-order valence-corrected chi connectivity index (χ1v) is 7.70. The first-order valence-electron chi connectivity index (χ1n) is 7.70. The van der Waals surface area contributed by atoms with Gasteiger partial charge in [0.05, 0.1) is 6.10 Å². The summed E-state index contributed by atoms with van der Waals surface area (Å²) in [6, 6.07) is 23.0. The lowest BCUT2D eigenvalue weighted by Gasteiger charge is -2.15. The average Bonchev–Trinajstić information content (AvgIpc) is 2.53. The van der Waals surface area contributed by atoms with E-state index in [1.807, 2.05) is 18.2 Å². The minimum atomic E-state index is 0.179. The fourth-order valence-electron chi connectivity index (χ4n) is 2.59. The second-order valence-corrected chi connectivity index (χ2v) is 5.65. The molecule has 0 unspecified atom stereocenters. The molecule has 112 valence electrons. The molecule has 0 fully saturated rings. The number of ether oxygens (including phenoxy) is 1. The fourth-order valence-corrected chi connectivity index (χ4v) is 2.59.